The van der Waals surface area contributed by atoms with Crippen LogP contribution in [0.25, 0.3) is 0 Å². The Morgan fingerprint density at radius 2 is 2.08 bits per heavy atom. The van der Waals surface area contributed by atoms with Crippen LogP contribution in [0.4, 0.5) is 0 Å². The molecule has 3 rings (SSSR count). The van der Waals surface area contributed by atoms with Crippen molar-refractivity contribution in [2.75, 3.05) is 27.2 Å². The number of hydrogen-bond acceptors (Lipinski definition) is 3. The third-order valence-corrected chi connectivity index (χ3v) is 5.24. The van der Waals surface area contributed by atoms with Gasteiger partial charge in [0.1, 0.15) is 5.75 Å². The highest BCUT2D eigenvalue weighted by molar-refractivity contribution is 14.1. The fraction of sp³-hybridized carbons (Fsp3) is 0.316. The van der Waals surface area contributed by atoms with Crippen LogP contribution in [0.3, 0.4) is 0 Å². The van der Waals surface area contributed by atoms with Crippen LogP contribution in [0.5, 0.6) is 5.75 Å². The van der Waals surface area contributed by atoms with Crippen molar-refractivity contribution < 1.29 is 9.53 Å². The van der Waals surface area contributed by atoms with Gasteiger partial charge < -0.3 is 15.0 Å². The Morgan fingerprint density at radius 3 is 2.83 bits per heavy atom. The Balaban J connectivity index is 1.73. The van der Waals surface area contributed by atoms with Crippen LogP contribution < -0.4 is 10.1 Å². The van der Waals surface area contributed by atoms with Crippen LogP contribution in [0.15, 0.2) is 42.5 Å². The Hall–Kier alpha value is -1.60. The van der Waals surface area contributed by atoms with Gasteiger partial charge in [-0.1, -0.05) is 24.3 Å². The first kappa shape index (κ1) is 17.2. The highest BCUT2D eigenvalue weighted by atomic mass is 127. The van der Waals surface area contributed by atoms with Crippen LogP contribution in [-0.4, -0.2) is 38.1 Å². The second-order valence-corrected chi connectivity index (χ2v) is 7.30. The van der Waals surface area contributed by atoms with Crippen LogP contribution in [0.2, 0.25) is 0 Å². The molecule has 0 spiro atoms. The first-order chi connectivity index (χ1) is 11.6. The first-order valence-electron chi connectivity index (χ1n) is 8.01. The van der Waals surface area contributed by atoms with Gasteiger partial charge in [-0.3, -0.25) is 4.79 Å². The van der Waals surface area contributed by atoms with Crippen molar-refractivity contribution in [3.8, 4) is 5.75 Å². The molecule has 1 amide bonds. The topological polar surface area (TPSA) is 41.6 Å². The fourth-order valence-corrected chi connectivity index (χ4v) is 3.57. The van der Waals surface area contributed by atoms with E-state index in [1.54, 1.807) is 0 Å². The normalized spacial score (nSPS) is 14.2. The number of ether oxygens (including phenoxy) is 1. The van der Waals surface area contributed by atoms with Gasteiger partial charge in [0.05, 0.1) is 18.2 Å². The van der Waals surface area contributed by atoms with Gasteiger partial charge in [0.25, 0.3) is 5.91 Å². The maximum Gasteiger partial charge on any atom is 0.252 e. The number of rotatable bonds is 5. The van der Waals surface area contributed by atoms with E-state index >= 15 is 0 Å². The molecule has 5 heteroatoms. The third-order valence-electron chi connectivity index (χ3n) is 4.30. The molecular weight excluding hydrogens is 415 g/mol. The molecule has 0 saturated heterocycles. The number of amides is 1. The van der Waals surface area contributed by atoms with Crippen LogP contribution in [0, 0.1) is 3.57 Å². The number of carbonyl (C=O) groups is 1. The molecule has 4 nitrogen and oxygen atoms in total. The van der Waals surface area contributed by atoms with E-state index in [9.17, 15) is 4.79 Å². The van der Waals surface area contributed by atoms with Gasteiger partial charge in [0.2, 0.25) is 0 Å². The van der Waals surface area contributed by atoms with E-state index in [1.165, 1.54) is 11.1 Å². The largest absolute Gasteiger partial charge is 0.493 e. The Morgan fingerprint density at radius 1 is 1.29 bits per heavy atom. The maximum absolute atomic E-state index is 12.5. The second kappa shape index (κ2) is 7.53. The van der Waals surface area contributed by atoms with Crippen LogP contribution in [-0.2, 0) is 6.42 Å². The lowest BCUT2D eigenvalue weighted by Gasteiger charge is -2.25. The molecule has 1 N–H and O–H groups in total. The zero-order valence-corrected chi connectivity index (χ0v) is 16.0. The van der Waals surface area contributed by atoms with Crippen molar-refractivity contribution >= 4 is 28.5 Å². The summed E-state index contributed by atoms with van der Waals surface area (Å²) in [5, 5.41) is 3.07. The monoisotopic (exact) mass is 436 g/mol. The number of nitrogens with one attached hydrogen (secondary N) is 1. The summed E-state index contributed by atoms with van der Waals surface area (Å²) in [6, 6.07) is 14.1. The molecule has 2 aromatic carbocycles. The molecule has 1 unspecified atom stereocenters. The van der Waals surface area contributed by atoms with Crippen molar-refractivity contribution in [3.63, 3.8) is 0 Å². The van der Waals surface area contributed by atoms with E-state index in [0.29, 0.717) is 6.54 Å². The lowest BCUT2D eigenvalue weighted by atomic mass is 10.0. The zero-order chi connectivity index (χ0) is 17.1. The lowest BCUT2D eigenvalue weighted by Crippen LogP contribution is -2.34. The molecule has 0 saturated carbocycles. The molecule has 0 fully saturated rings. The van der Waals surface area contributed by atoms with Crippen molar-refractivity contribution in [2.45, 2.75) is 12.5 Å². The first-order valence-corrected chi connectivity index (χ1v) is 9.09. The summed E-state index contributed by atoms with van der Waals surface area (Å²) in [6.07, 6.45) is 0.956. The predicted molar refractivity (Wildman–Crippen MR) is 104 cm³/mol. The summed E-state index contributed by atoms with van der Waals surface area (Å²) < 4.78 is 6.54. The van der Waals surface area contributed by atoms with E-state index in [4.69, 9.17) is 4.74 Å². The average Bonchev–Trinajstić information content (AvgIpc) is 3.02. The fourth-order valence-electron chi connectivity index (χ4n) is 2.94. The standard InChI is InChI=1S/C19H21IN2O2/c1-22(2)17(13-7-8-18-14(11-13)9-10-24-18)12-21-19(23)15-5-3-4-6-16(15)20/h3-8,11,17H,9-10,12H2,1-2H3,(H,21,23). The Bertz CT molecular complexity index is 746. The quantitative estimate of drug-likeness (QED) is 0.732. The summed E-state index contributed by atoms with van der Waals surface area (Å²) in [4.78, 5) is 14.6. The SMILES string of the molecule is CN(C)C(CNC(=O)c1ccccc1I)c1ccc2c(c1)CCO2. The van der Waals surface area contributed by atoms with Gasteiger partial charge in [0.15, 0.2) is 0 Å². The minimum Gasteiger partial charge on any atom is -0.493 e. The summed E-state index contributed by atoms with van der Waals surface area (Å²) in [7, 11) is 4.07. The number of hydrogen-bond donors (Lipinski definition) is 1. The van der Waals surface area contributed by atoms with Crippen molar-refractivity contribution in [3.05, 3.63) is 62.7 Å². The summed E-state index contributed by atoms with van der Waals surface area (Å²) in [5.41, 5.74) is 3.17. The number of halogens is 1. The maximum atomic E-state index is 12.5. The molecule has 0 radical (unpaired) electrons. The molecule has 0 aromatic heterocycles. The van der Waals surface area contributed by atoms with Crippen molar-refractivity contribution in [2.24, 2.45) is 0 Å². The lowest BCUT2D eigenvalue weighted by molar-refractivity contribution is 0.0941. The zero-order valence-electron chi connectivity index (χ0n) is 13.9. The van der Waals surface area contributed by atoms with Gasteiger partial charge >= 0.3 is 0 Å². The number of fused-ring (bicyclic) bond motifs is 1. The molecule has 126 valence electrons. The molecule has 1 atom stereocenters. The molecular formula is C19H21IN2O2. The number of nitrogens with zero attached hydrogens (tertiary/aromatic N) is 1. The van der Waals surface area contributed by atoms with Gasteiger partial charge in [-0.15, -0.1) is 0 Å². The second-order valence-electron chi connectivity index (χ2n) is 6.13. The van der Waals surface area contributed by atoms with E-state index in [-0.39, 0.29) is 11.9 Å². The van der Waals surface area contributed by atoms with E-state index in [0.717, 1.165) is 27.9 Å². The van der Waals surface area contributed by atoms with Crippen LogP contribution in [0.1, 0.15) is 27.5 Å². The smallest absolute Gasteiger partial charge is 0.252 e. The Labute approximate surface area is 156 Å². The molecule has 1 aliphatic rings. The van der Waals surface area contributed by atoms with Gasteiger partial charge in [-0.25, -0.2) is 0 Å². The van der Waals surface area contributed by atoms with Gasteiger partial charge in [-0.05, 0) is 66.0 Å². The van der Waals surface area contributed by atoms with Crippen molar-refractivity contribution in [1.82, 2.24) is 10.2 Å². The van der Waals surface area contributed by atoms with Crippen LogP contribution >= 0.6 is 22.6 Å². The number of carbonyl (C=O) groups excluding carboxylic acids is 1. The summed E-state index contributed by atoms with van der Waals surface area (Å²) >= 11 is 2.19. The predicted octanol–water partition coefficient (Wildman–Crippen LogP) is 3.26. The third kappa shape index (κ3) is 3.72. The number of likely N-dealkylation sites (N-methyl/N-ethyl adjacent to an activating group) is 1. The van der Waals surface area contributed by atoms with E-state index < -0.39 is 0 Å². The minimum absolute atomic E-state index is 0.0312. The van der Waals surface area contributed by atoms with Gasteiger partial charge in [0, 0.05) is 16.5 Å². The summed E-state index contributed by atoms with van der Waals surface area (Å²) in [6.45, 7) is 1.32. The summed E-state index contributed by atoms with van der Waals surface area (Å²) in [5.74, 6) is 0.954. The average molecular weight is 436 g/mol. The van der Waals surface area contributed by atoms with E-state index in [2.05, 4.69) is 44.9 Å². The molecule has 1 heterocycles. The van der Waals surface area contributed by atoms with E-state index in [1.807, 2.05) is 44.4 Å². The molecule has 24 heavy (non-hydrogen) atoms. The molecule has 1 aliphatic heterocycles. The highest BCUT2D eigenvalue weighted by Crippen LogP contribution is 2.29. The molecule has 2 aromatic rings. The molecule has 0 aliphatic carbocycles. The highest BCUT2D eigenvalue weighted by Gasteiger charge is 2.20. The molecule has 0 bridgehead atoms. The Kier molecular flexibility index (Phi) is 5.40. The number of benzene rings is 2. The van der Waals surface area contributed by atoms with Crippen molar-refractivity contribution in [1.29, 1.82) is 0 Å². The van der Waals surface area contributed by atoms with Gasteiger partial charge in [-0.2, -0.15) is 0 Å². The minimum atomic E-state index is -0.0312.